The Morgan fingerprint density at radius 2 is 1.90 bits per heavy atom. The molecule has 0 aromatic heterocycles. The molecule has 7 heteroatoms. The van der Waals surface area contributed by atoms with Crippen LogP contribution in [-0.2, 0) is 10.0 Å². The third-order valence-electron chi connectivity index (χ3n) is 2.91. The molecule has 0 bridgehead atoms. The first kappa shape index (κ1) is 16.4. The van der Waals surface area contributed by atoms with E-state index in [1.165, 1.54) is 24.3 Å². The number of halogens is 3. The SMILES string of the molecule is CC(NS(=O)(=O)c1ccc(Cl)c(Br)c1)c1ccccc1F. The van der Waals surface area contributed by atoms with E-state index in [1.54, 1.807) is 25.1 Å². The molecule has 0 fully saturated rings. The van der Waals surface area contributed by atoms with Gasteiger partial charge in [-0.2, -0.15) is 0 Å². The molecular formula is C14H12BrClFNO2S. The number of hydrogen-bond acceptors (Lipinski definition) is 2. The van der Waals surface area contributed by atoms with E-state index in [4.69, 9.17) is 11.6 Å². The molecule has 0 heterocycles. The van der Waals surface area contributed by atoms with Gasteiger partial charge in [0.05, 0.1) is 9.92 Å². The van der Waals surface area contributed by atoms with Gasteiger partial charge in [0.15, 0.2) is 0 Å². The van der Waals surface area contributed by atoms with Crippen molar-refractivity contribution in [3.8, 4) is 0 Å². The summed E-state index contributed by atoms with van der Waals surface area (Å²) in [5.74, 6) is -0.454. The zero-order valence-corrected chi connectivity index (χ0v) is 14.1. The van der Waals surface area contributed by atoms with E-state index in [0.29, 0.717) is 9.50 Å². The summed E-state index contributed by atoms with van der Waals surface area (Å²) in [5.41, 5.74) is 0.286. The smallest absolute Gasteiger partial charge is 0.207 e. The fraction of sp³-hybridized carbons (Fsp3) is 0.143. The molecule has 2 aromatic rings. The van der Waals surface area contributed by atoms with Gasteiger partial charge in [0, 0.05) is 16.1 Å². The molecule has 0 spiro atoms. The summed E-state index contributed by atoms with van der Waals surface area (Å²) >= 11 is 9.02. The van der Waals surface area contributed by atoms with Gasteiger partial charge in [0.2, 0.25) is 10.0 Å². The van der Waals surface area contributed by atoms with E-state index in [1.807, 2.05) is 0 Å². The molecule has 0 radical (unpaired) electrons. The van der Waals surface area contributed by atoms with Crippen molar-refractivity contribution in [1.29, 1.82) is 0 Å². The Morgan fingerprint density at radius 3 is 2.52 bits per heavy atom. The average Bonchev–Trinajstić information content (AvgIpc) is 2.41. The standard InChI is InChI=1S/C14H12BrClFNO2S/c1-9(11-4-2-3-5-14(11)17)18-21(19,20)10-6-7-13(16)12(15)8-10/h2-9,18H,1H3. The quantitative estimate of drug-likeness (QED) is 0.844. The van der Waals surface area contributed by atoms with Crippen LogP contribution in [0.3, 0.4) is 0 Å². The summed E-state index contributed by atoms with van der Waals surface area (Å²) in [7, 11) is -3.77. The second-order valence-electron chi connectivity index (χ2n) is 4.44. The van der Waals surface area contributed by atoms with E-state index in [2.05, 4.69) is 20.7 Å². The molecule has 112 valence electrons. The predicted molar refractivity (Wildman–Crippen MR) is 84.3 cm³/mol. The Hall–Kier alpha value is -0.950. The summed E-state index contributed by atoms with van der Waals surface area (Å²) in [6, 6.07) is 9.62. The summed E-state index contributed by atoms with van der Waals surface area (Å²) in [6.45, 7) is 1.58. The Labute approximate surface area is 136 Å². The van der Waals surface area contributed by atoms with Crippen LogP contribution in [0.2, 0.25) is 5.02 Å². The topological polar surface area (TPSA) is 46.2 Å². The highest BCUT2D eigenvalue weighted by Gasteiger charge is 2.20. The van der Waals surface area contributed by atoms with Crippen molar-refractivity contribution in [3.63, 3.8) is 0 Å². The lowest BCUT2D eigenvalue weighted by atomic mass is 10.1. The number of benzene rings is 2. The van der Waals surface area contributed by atoms with Gasteiger partial charge in [0.1, 0.15) is 5.82 Å². The molecule has 3 nitrogen and oxygen atoms in total. The van der Waals surface area contributed by atoms with Gasteiger partial charge in [-0.3, -0.25) is 0 Å². The molecule has 0 amide bonds. The van der Waals surface area contributed by atoms with E-state index in [0.717, 1.165) is 0 Å². The molecule has 1 unspecified atom stereocenters. The van der Waals surface area contributed by atoms with Crippen LogP contribution in [0.5, 0.6) is 0 Å². The largest absolute Gasteiger partial charge is 0.241 e. The van der Waals surface area contributed by atoms with Crippen molar-refractivity contribution in [1.82, 2.24) is 4.72 Å². The third-order valence-corrected chi connectivity index (χ3v) is 5.66. The molecule has 0 aliphatic rings. The van der Waals surface area contributed by atoms with Crippen molar-refractivity contribution < 1.29 is 12.8 Å². The first-order chi connectivity index (χ1) is 9.81. The normalized spacial score (nSPS) is 13.1. The van der Waals surface area contributed by atoms with Gasteiger partial charge in [0.25, 0.3) is 0 Å². The molecule has 1 atom stereocenters. The summed E-state index contributed by atoms with van der Waals surface area (Å²) in [4.78, 5) is 0.0574. The fourth-order valence-corrected chi connectivity index (χ4v) is 3.73. The molecule has 21 heavy (non-hydrogen) atoms. The molecule has 0 aliphatic heterocycles. The van der Waals surface area contributed by atoms with Gasteiger partial charge in [-0.15, -0.1) is 0 Å². The number of rotatable bonds is 4. The third kappa shape index (κ3) is 3.83. The lowest BCUT2D eigenvalue weighted by Gasteiger charge is -2.15. The van der Waals surface area contributed by atoms with Crippen molar-refractivity contribution in [2.45, 2.75) is 17.9 Å². The summed E-state index contributed by atoms with van der Waals surface area (Å²) < 4.78 is 41.2. The maximum atomic E-state index is 13.7. The molecule has 0 saturated heterocycles. The van der Waals surface area contributed by atoms with E-state index in [9.17, 15) is 12.8 Å². The van der Waals surface area contributed by atoms with Crippen molar-refractivity contribution >= 4 is 37.6 Å². The lowest BCUT2D eigenvalue weighted by molar-refractivity contribution is 0.550. The highest BCUT2D eigenvalue weighted by Crippen LogP contribution is 2.26. The van der Waals surface area contributed by atoms with Gasteiger partial charge in [-0.05, 0) is 47.1 Å². The first-order valence-corrected chi connectivity index (χ1v) is 8.68. The monoisotopic (exact) mass is 391 g/mol. The van der Waals surface area contributed by atoms with Crippen LogP contribution in [0.25, 0.3) is 0 Å². The van der Waals surface area contributed by atoms with Crippen molar-refractivity contribution in [3.05, 3.63) is 63.3 Å². The van der Waals surface area contributed by atoms with Crippen LogP contribution in [0, 0.1) is 5.82 Å². The second kappa shape index (κ2) is 6.44. The number of sulfonamides is 1. The zero-order valence-electron chi connectivity index (χ0n) is 11.0. The maximum Gasteiger partial charge on any atom is 0.241 e. The molecule has 2 aromatic carbocycles. The van der Waals surface area contributed by atoms with E-state index in [-0.39, 0.29) is 10.5 Å². The molecular weight excluding hydrogens is 381 g/mol. The number of hydrogen-bond donors (Lipinski definition) is 1. The highest BCUT2D eigenvalue weighted by atomic mass is 79.9. The summed E-state index contributed by atoms with van der Waals surface area (Å²) in [5, 5.41) is 0.413. The highest BCUT2D eigenvalue weighted by molar-refractivity contribution is 9.10. The van der Waals surface area contributed by atoms with E-state index >= 15 is 0 Å². The maximum absolute atomic E-state index is 13.7. The fourth-order valence-electron chi connectivity index (χ4n) is 1.83. The molecule has 0 aliphatic carbocycles. The second-order valence-corrected chi connectivity index (χ2v) is 7.42. The molecule has 2 rings (SSSR count). The van der Waals surface area contributed by atoms with Crippen LogP contribution in [0.4, 0.5) is 4.39 Å². The Balaban J connectivity index is 2.29. The zero-order chi connectivity index (χ0) is 15.6. The van der Waals surface area contributed by atoms with Crippen LogP contribution in [0.1, 0.15) is 18.5 Å². The van der Waals surface area contributed by atoms with Gasteiger partial charge in [-0.25, -0.2) is 17.5 Å². The van der Waals surface area contributed by atoms with Crippen LogP contribution in [-0.4, -0.2) is 8.42 Å². The van der Waals surface area contributed by atoms with Crippen molar-refractivity contribution in [2.24, 2.45) is 0 Å². The van der Waals surface area contributed by atoms with Crippen LogP contribution >= 0.6 is 27.5 Å². The Kier molecular flexibility index (Phi) is 5.03. The minimum absolute atomic E-state index is 0.0574. The Morgan fingerprint density at radius 1 is 1.24 bits per heavy atom. The predicted octanol–water partition coefficient (Wildman–Crippen LogP) is 4.28. The lowest BCUT2D eigenvalue weighted by Crippen LogP contribution is -2.27. The van der Waals surface area contributed by atoms with Crippen LogP contribution < -0.4 is 4.72 Å². The molecule has 1 N–H and O–H groups in total. The number of nitrogens with one attached hydrogen (secondary N) is 1. The average molecular weight is 393 g/mol. The summed E-state index contributed by atoms with van der Waals surface area (Å²) in [6.07, 6.45) is 0. The first-order valence-electron chi connectivity index (χ1n) is 6.03. The van der Waals surface area contributed by atoms with Gasteiger partial charge < -0.3 is 0 Å². The van der Waals surface area contributed by atoms with E-state index < -0.39 is 21.9 Å². The van der Waals surface area contributed by atoms with Crippen molar-refractivity contribution in [2.75, 3.05) is 0 Å². The minimum atomic E-state index is -3.77. The van der Waals surface area contributed by atoms with Crippen LogP contribution in [0.15, 0.2) is 51.8 Å². The molecule has 0 saturated carbocycles. The van der Waals surface area contributed by atoms with Gasteiger partial charge >= 0.3 is 0 Å². The minimum Gasteiger partial charge on any atom is -0.207 e. The van der Waals surface area contributed by atoms with Gasteiger partial charge in [-0.1, -0.05) is 29.8 Å². The Bertz CT molecular complexity index is 767.